The lowest BCUT2D eigenvalue weighted by Gasteiger charge is -2.04. The van der Waals surface area contributed by atoms with E-state index in [0.717, 1.165) is 14.9 Å². The number of hydrogen-bond donors (Lipinski definition) is 0. The highest BCUT2D eigenvalue weighted by Gasteiger charge is 2.05. The molecule has 0 atom stereocenters. The van der Waals surface area contributed by atoms with Crippen LogP contribution in [0.3, 0.4) is 0 Å². The highest BCUT2D eigenvalue weighted by atomic mass is 127. The van der Waals surface area contributed by atoms with Crippen LogP contribution in [0.5, 0.6) is 5.75 Å². The predicted molar refractivity (Wildman–Crippen MR) is 71.7 cm³/mol. The van der Waals surface area contributed by atoms with Gasteiger partial charge in [-0.05, 0) is 34.7 Å². The lowest BCUT2D eigenvalue weighted by molar-refractivity contribution is 0.415. The molecule has 16 heavy (non-hydrogen) atoms. The van der Waals surface area contributed by atoms with Gasteiger partial charge in [-0.3, -0.25) is 0 Å². The normalized spacial score (nSPS) is 10.2. The largest absolute Gasteiger partial charge is 0.497 e. The molecule has 1 aromatic heterocycles. The van der Waals surface area contributed by atoms with Gasteiger partial charge in [-0.25, -0.2) is 9.97 Å². The summed E-state index contributed by atoms with van der Waals surface area (Å²) in [6.07, 6.45) is 1.70. The summed E-state index contributed by atoms with van der Waals surface area (Å²) >= 11 is 8.04. The molecule has 1 heterocycles. The van der Waals surface area contributed by atoms with E-state index in [4.69, 9.17) is 16.3 Å². The minimum absolute atomic E-state index is 0.466. The molecule has 0 N–H and O–H groups in total. The maximum Gasteiger partial charge on any atom is 0.161 e. The fourth-order valence-corrected chi connectivity index (χ4v) is 1.64. The monoisotopic (exact) mass is 346 g/mol. The fourth-order valence-electron chi connectivity index (χ4n) is 1.25. The van der Waals surface area contributed by atoms with E-state index < -0.39 is 0 Å². The van der Waals surface area contributed by atoms with E-state index in [1.165, 1.54) is 0 Å². The Morgan fingerprint density at radius 1 is 1.38 bits per heavy atom. The number of benzene rings is 1. The van der Waals surface area contributed by atoms with Gasteiger partial charge in [0.1, 0.15) is 10.9 Å². The number of methoxy groups -OCH3 is 1. The molecule has 82 valence electrons. The van der Waals surface area contributed by atoms with E-state index in [9.17, 15) is 0 Å². The molecule has 0 bridgehead atoms. The molecule has 0 aliphatic heterocycles. The van der Waals surface area contributed by atoms with Gasteiger partial charge in [0.05, 0.1) is 10.7 Å². The molecule has 0 saturated carbocycles. The number of hydrogen-bond acceptors (Lipinski definition) is 3. The summed E-state index contributed by atoms with van der Waals surface area (Å²) in [5, 5.41) is 0.466. The SMILES string of the molecule is COc1cccc(-c2ncc(I)c(Cl)n2)c1. The Labute approximate surface area is 112 Å². The molecule has 3 nitrogen and oxygen atoms in total. The Hall–Kier alpha value is -0.880. The third-order valence-electron chi connectivity index (χ3n) is 2.03. The predicted octanol–water partition coefficient (Wildman–Crippen LogP) is 3.41. The van der Waals surface area contributed by atoms with Crippen LogP contribution in [-0.4, -0.2) is 17.1 Å². The lowest BCUT2D eigenvalue weighted by atomic mass is 10.2. The van der Waals surface area contributed by atoms with Crippen molar-refractivity contribution < 1.29 is 4.74 Å². The number of aromatic nitrogens is 2. The average molecular weight is 347 g/mol. The molecular weight excluding hydrogens is 338 g/mol. The molecule has 0 amide bonds. The first-order chi connectivity index (χ1) is 7.70. The minimum atomic E-state index is 0.466. The summed E-state index contributed by atoms with van der Waals surface area (Å²) in [6, 6.07) is 7.56. The van der Waals surface area contributed by atoms with Crippen LogP contribution in [0.4, 0.5) is 0 Å². The maximum atomic E-state index is 5.95. The zero-order chi connectivity index (χ0) is 11.5. The van der Waals surface area contributed by atoms with Crippen molar-refractivity contribution in [3.05, 3.63) is 39.2 Å². The highest BCUT2D eigenvalue weighted by Crippen LogP contribution is 2.23. The molecule has 0 spiro atoms. The van der Waals surface area contributed by atoms with Crippen molar-refractivity contribution in [3.63, 3.8) is 0 Å². The van der Waals surface area contributed by atoms with Crippen LogP contribution < -0.4 is 4.74 Å². The highest BCUT2D eigenvalue weighted by molar-refractivity contribution is 14.1. The van der Waals surface area contributed by atoms with Crippen molar-refractivity contribution in [2.24, 2.45) is 0 Å². The van der Waals surface area contributed by atoms with E-state index in [1.807, 2.05) is 24.3 Å². The summed E-state index contributed by atoms with van der Waals surface area (Å²) < 4.78 is 5.98. The molecule has 2 aromatic rings. The number of halogens is 2. The Morgan fingerprint density at radius 3 is 2.88 bits per heavy atom. The smallest absolute Gasteiger partial charge is 0.161 e. The Kier molecular flexibility index (Phi) is 3.60. The van der Waals surface area contributed by atoms with Crippen LogP contribution in [0, 0.1) is 3.57 Å². The van der Waals surface area contributed by atoms with E-state index in [0.29, 0.717) is 11.0 Å². The third kappa shape index (κ3) is 2.44. The molecule has 0 aliphatic carbocycles. The van der Waals surface area contributed by atoms with Gasteiger partial charge in [0, 0.05) is 11.8 Å². The topological polar surface area (TPSA) is 35.0 Å². The Bertz CT molecular complexity index is 519. The van der Waals surface area contributed by atoms with Crippen molar-refractivity contribution in [1.82, 2.24) is 9.97 Å². The van der Waals surface area contributed by atoms with E-state index >= 15 is 0 Å². The van der Waals surface area contributed by atoms with E-state index in [1.54, 1.807) is 13.3 Å². The summed E-state index contributed by atoms with van der Waals surface area (Å²) in [4.78, 5) is 8.44. The van der Waals surface area contributed by atoms with Gasteiger partial charge in [0.15, 0.2) is 5.82 Å². The molecule has 0 unspecified atom stereocenters. The van der Waals surface area contributed by atoms with Crippen molar-refractivity contribution in [3.8, 4) is 17.1 Å². The van der Waals surface area contributed by atoms with Gasteiger partial charge in [-0.1, -0.05) is 23.7 Å². The second kappa shape index (κ2) is 4.97. The summed E-state index contributed by atoms with van der Waals surface area (Å²) in [6.45, 7) is 0. The minimum Gasteiger partial charge on any atom is -0.497 e. The molecule has 5 heteroatoms. The van der Waals surface area contributed by atoms with Crippen LogP contribution in [0.15, 0.2) is 30.5 Å². The first-order valence-corrected chi connectivity index (χ1v) is 5.99. The van der Waals surface area contributed by atoms with Crippen LogP contribution in [0.2, 0.25) is 5.15 Å². The van der Waals surface area contributed by atoms with Gasteiger partial charge in [-0.2, -0.15) is 0 Å². The zero-order valence-electron chi connectivity index (χ0n) is 8.45. The molecule has 0 fully saturated rings. The second-order valence-corrected chi connectivity index (χ2v) is 4.58. The van der Waals surface area contributed by atoms with Crippen LogP contribution >= 0.6 is 34.2 Å². The maximum absolute atomic E-state index is 5.95. The first-order valence-electron chi connectivity index (χ1n) is 4.53. The standard InChI is InChI=1S/C11H8ClIN2O/c1-16-8-4-2-3-7(5-8)11-14-6-9(13)10(12)15-11/h2-6H,1H3. The van der Waals surface area contributed by atoms with Gasteiger partial charge in [0.25, 0.3) is 0 Å². The number of rotatable bonds is 2. The van der Waals surface area contributed by atoms with Crippen LogP contribution in [0.1, 0.15) is 0 Å². The van der Waals surface area contributed by atoms with Gasteiger partial charge in [0.2, 0.25) is 0 Å². The molecule has 0 aliphatic rings. The van der Waals surface area contributed by atoms with Gasteiger partial charge < -0.3 is 4.74 Å². The molecule has 1 aromatic carbocycles. The zero-order valence-corrected chi connectivity index (χ0v) is 11.4. The van der Waals surface area contributed by atoms with E-state index in [2.05, 4.69) is 32.6 Å². The Morgan fingerprint density at radius 2 is 2.19 bits per heavy atom. The summed E-state index contributed by atoms with van der Waals surface area (Å²) in [5.74, 6) is 1.38. The quantitative estimate of drug-likeness (QED) is 0.617. The summed E-state index contributed by atoms with van der Waals surface area (Å²) in [5.41, 5.74) is 0.887. The molecule has 2 rings (SSSR count). The molecule has 0 saturated heterocycles. The Balaban J connectivity index is 2.46. The van der Waals surface area contributed by atoms with Crippen molar-refractivity contribution in [1.29, 1.82) is 0 Å². The second-order valence-electron chi connectivity index (χ2n) is 3.06. The van der Waals surface area contributed by atoms with Crippen molar-refractivity contribution in [2.75, 3.05) is 7.11 Å². The number of ether oxygens (including phenoxy) is 1. The summed E-state index contributed by atoms with van der Waals surface area (Å²) in [7, 11) is 1.63. The van der Waals surface area contributed by atoms with E-state index in [-0.39, 0.29) is 0 Å². The number of nitrogens with zero attached hydrogens (tertiary/aromatic N) is 2. The van der Waals surface area contributed by atoms with Crippen LogP contribution in [-0.2, 0) is 0 Å². The molecular formula is C11H8ClIN2O. The van der Waals surface area contributed by atoms with Crippen LogP contribution in [0.25, 0.3) is 11.4 Å². The molecule has 0 radical (unpaired) electrons. The van der Waals surface area contributed by atoms with Gasteiger partial charge in [-0.15, -0.1) is 0 Å². The first kappa shape index (κ1) is 11.6. The van der Waals surface area contributed by atoms with Crippen molar-refractivity contribution >= 4 is 34.2 Å². The lowest BCUT2D eigenvalue weighted by Crippen LogP contribution is -1.92. The van der Waals surface area contributed by atoms with Gasteiger partial charge >= 0.3 is 0 Å². The fraction of sp³-hybridized carbons (Fsp3) is 0.0909. The average Bonchev–Trinajstić information content (AvgIpc) is 2.33. The van der Waals surface area contributed by atoms with Crippen molar-refractivity contribution in [2.45, 2.75) is 0 Å². The third-order valence-corrected chi connectivity index (χ3v) is 3.43.